The third-order valence-electron chi connectivity index (χ3n) is 3.27. The first-order valence-electron chi connectivity index (χ1n) is 5.71. The molecule has 1 aliphatic rings. The number of nitrogens with one attached hydrogen (secondary N) is 2. The molecule has 1 aromatic carbocycles. The van der Waals surface area contributed by atoms with Gasteiger partial charge in [0.25, 0.3) is 5.91 Å². The Morgan fingerprint density at radius 3 is 2.88 bits per heavy atom. The molecule has 2 aromatic rings. The summed E-state index contributed by atoms with van der Waals surface area (Å²) in [6.45, 7) is 0. The standard InChI is InChI=1S/C13H14N2O/c16-13(15-9-4-3-5-9)11-8-14-12-7-2-1-6-10(11)12/h1-2,6-9,14H,3-5H2,(H,15,16). The summed E-state index contributed by atoms with van der Waals surface area (Å²) in [5.41, 5.74) is 1.77. The highest BCUT2D eigenvalue weighted by atomic mass is 16.1. The maximum absolute atomic E-state index is 12.0. The van der Waals surface area contributed by atoms with E-state index in [1.165, 1.54) is 6.42 Å². The van der Waals surface area contributed by atoms with Gasteiger partial charge in [-0.3, -0.25) is 4.79 Å². The van der Waals surface area contributed by atoms with Gasteiger partial charge in [0.05, 0.1) is 5.56 Å². The number of amides is 1. The van der Waals surface area contributed by atoms with Gasteiger partial charge in [0.15, 0.2) is 0 Å². The maximum atomic E-state index is 12.0. The first kappa shape index (κ1) is 9.46. The van der Waals surface area contributed by atoms with Crippen LogP contribution < -0.4 is 5.32 Å². The van der Waals surface area contributed by atoms with E-state index in [0.29, 0.717) is 6.04 Å². The lowest BCUT2D eigenvalue weighted by atomic mass is 9.93. The molecule has 1 aromatic heterocycles. The Bertz CT molecular complexity index is 525. The number of rotatable bonds is 2. The topological polar surface area (TPSA) is 44.9 Å². The summed E-state index contributed by atoms with van der Waals surface area (Å²) in [5, 5.41) is 4.05. The Hall–Kier alpha value is -1.77. The van der Waals surface area contributed by atoms with Crippen molar-refractivity contribution in [3.8, 4) is 0 Å². The van der Waals surface area contributed by atoms with E-state index in [4.69, 9.17) is 0 Å². The van der Waals surface area contributed by atoms with Gasteiger partial charge in [-0.1, -0.05) is 18.2 Å². The number of para-hydroxylation sites is 1. The molecule has 1 saturated carbocycles. The molecule has 1 heterocycles. The number of carbonyl (C=O) groups excluding carboxylic acids is 1. The van der Waals surface area contributed by atoms with Crippen molar-refractivity contribution in [1.82, 2.24) is 10.3 Å². The molecular weight excluding hydrogens is 200 g/mol. The van der Waals surface area contributed by atoms with Crippen molar-refractivity contribution in [2.75, 3.05) is 0 Å². The third-order valence-corrected chi connectivity index (χ3v) is 3.27. The van der Waals surface area contributed by atoms with E-state index in [9.17, 15) is 4.79 Å². The molecule has 0 bridgehead atoms. The number of aromatic nitrogens is 1. The van der Waals surface area contributed by atoms with Crippen molar-refractivity contribution in [3.05, 3.63) is 36.0 Å². The molecule has 0 spiro atoms. The van der Waals surface area contributed by atoms with Gasteiger partial charge in [-0.05, 0) is 25.3 Å². The Labute approximate surface area is 93.9 Å². The molecule has 0 radical (unpaired) electrons. The number of hydrogen-bond acceptors (Lipinski definition) is 1. The summed E-state index contributed by atoms with van der Waals surface area (Å²) in [5.74, 6) is 0.0437. The summed E-state index contributed by atoms with van der Waals surface area (Å²) >= 11 is 0. The maximum Gasteiger partial charge on any atom is 0.253 e. The van der Waals surface area contributed by atoms with Gasteiger partial charge >= 0.3 is 0 Å². The number of fused-ring (bicyclic) bond motifs is 1. The fourth-order valence-corrected chi connectivity index (χ4v) is 2.08. The molecule has 0 atom stereocenters. The molecule has 1 fully saturated rings. The van der Waals surface area contributed by atoms with Crippen LogP contribution in [0.1, 0.15) is 29.6 Å². The quantitative estimate of drug-likeness (QED) is 0.792. The van der Waals surface area contributed by atoms with Crippen molar-refractivity contribution in [2.24, 2.45) is 0 Å². The van der Waals surface area contributed by atoms with Gasteiger partial charge in [-0.25, -0.2) is 0 Å². The smallest absolute Gasteiger partial charge is 0.253 e. The first-order chi connectivity index (χ1) is 7.84. The van der Waals surface area contributed by atoms with Crippen molar-refractivity contribution >= 4 is 16.8 Å². The van der Waals surface area contributed by atoms with Gasteiger partial charge in [-0.15, -0.1) is 0 Å². The van der Waals surface area contributed by atoms with Gasteiger partial charge in [0, 0.05) is 23.1 Å². The van der Waals surface area contributed by atoms with Gasteiger partial charge in [-0.2, -0.15) is 0 Å². The van der Waals surface area contributed by atoms with E-state index in [1.54, 1.807) is 6.20 Å². The molecule has 1 amide bonds. The van der Waals surface area contributed by atoms with Crippen LogP contribution >= 0.6 is 0 Å². The van der Waals surface area contributed by atoms with E-state index >= 15 is 0 Å². The fourth-order valence-electron chi connectivity index (χ4n) is 2.08. The predicted octanol–water partition coefficient (Wildman–Crippen LogP) is 2.45. The first-order valence-corrected chi connectivity index (χ1v) is 5.71. The third kappa shape index (κ3) is 1.48. The fraction of sp³-hybridized carbons (Fsp3) is 0.308. The Morgan fingerprint density at radius 1 is 1.31 bits per heavy atom. The molecule has 2 N–H and O–H groups in total. The van der Waals surface area contributed by atoms with Gasteiger partial charge in [0.1, 0.15) is 0 Å². The molecule has 0 aliphatic heterocycles. The number of H-pyrrole nitrogens is 1. The minimum atomic E-state index is 0.0437. The molecule has 16 heavy (non-hydrogen) atoms. The highest BCUT2D eigenvalue weighted by Gasteiger charge is 2.21. The van der Waals surface area contributed by atoms with E-state index in [2.05, 4.69) is 10.3 Å². The predicted molar refractivity (Wildman–Crippen MR) is 63.4 cm³/mol. The summed E-state index contributed by atoms with van der Waals surface area (Å²) in [6.07, 6.45) is 5.26. The normalized spacial score (nSPS) is 16.0. The second-order valence-corrected chi connectivity index (χ2v) is 4.35. The average molecular weight is 214 g/mol. The van der Waals surface area contributed by atoms with E-state index in [1.807, 2.05) is 24.3 Å². The van der Waals surface area contributed by atoms with Crippen LogP contribution in [0.15, 0.2) is 30.5 Å². The Kier molecular flexibility index (Phi) is 2.17. The van der Waals surface area contributed by atoms with Crippen LogP contribution in [-0.4, -0.2) is 16.9 Å². The molecule has 0 saturated heterocycles. The van der Waals surface area contributed by atoms with Crippen molar-refractivity contribution in [1.29, 1.82) is 0 Å². The number of carbonyl (C=O) groups is 1. The minimum Gasteiger partial charge on any atom is -0.360 e. The number of benzene rings is 1. The zero-order chi connectivity index (χ0) is 11.0. The minimum absolute atomic E-state index is 0.0437. The van der Waals surface area contributed by atoms with Crippen LogP contribution in [0.25, 0.3) is 10.9 Å². The molecule has 0 unspecified atom stereocenters. The van der Waals surface area contributed by atoms with Crippen LogP contribution in [-0.2, 0) is 0 Å². The van der Waals surface area contributed by atoms with E-state index in [0.717, 1.165) is 29.3 Å². The number of hydrogen-bond donors (Lipinski definition) is 2. The largest absolute Gasteiger partial charge is 0.360 e. The summed E-state index contributed by atoms with van der Waals surface area (Å²) in [4.78, 5) is 15.1. The van der Waals surface area contributed by atoms with Crippen LogP contribution in [0, 0.1) is 0 Å². The highest BCUT2D eigenvalue weighted by Crippen LogP contribution is 2.21. The van der Waals surface area contributed by atoms with Crippen LogP contribution in [0.3, 0.4) is 0 Å². The summed E-state index contributed by atoms with van der Waals surface area (Å²) in [6, 6.07) is 8.26. The lowest BCUT2D eigenvalue weighted by Crippen LogP contribution is -2.39. The van der Waals surface area contributed by atoms with Crippen LogP contribution in [0.5, 0.6) is 0 Å². The second-order valence-electron chi connectivity index (χ2n) is 4.35. The number of aromatic amines is 1. The lowest BCUT2D eigenvalue weighted by molar-refractivity contribution is 0.0918. The SMILES string of the molecule is O=C(NC1CCC1)c1c[nH]c2ccccc12. The Balaban J connectivity index is 1.89. The van der Waals surface area contributed by atoms with Crippen molar-refractivity contribution in [2.45, 2.75) is 25.3 Å². The highest BCUT2D eigenvalue weighted by molar-refractivity contribution is 6.06. The van der Waals surface area contributed by atoms with E-state index in [-0.39, 0.29) is 5.91 Å². The summed E-state index contributed by atoms with van der Waals surface area (Å²) < 4.78 is 0. The zero-order valence-electron chi connectivity index (χ0n) is 8.99. The Morgan fingerprint density at radius 2 is 2.12 bits per heavy atom. The van der Waals surface area contributed by atoms with Crippen molar-refractivity contribution in [3.63, 3.8) is 0 Å². The molecule has 1 aliphatic carbocycles. The molecule has 3 nitrogen and oxygen atoms in total. The van der Waals surface area contributed by atoms with Crippen LogP contribution in [0.2, 0.25) is 0 Å². The average Bonchev–Trinajstić information content (AvgIpc) is 2.67. The monoisotopic (exact) mass is 214 g/mol. The summed E-state index contributed by atoms with van der Waals surface area (Å²) in [7, 11) is 0. The van der Waals surface area contributed by atoms with Crippen LogP contribution in [0.4, 0.5) is 0 Å². The molecular formula is C13H14N2O. The lowest BCUT2D eigenvalue weighted by Gasteiger charge is -2.26. The second kappa shape index (κ2) is 3.67. The van der Waals surface area contributed by atoms with Gasteiger partial charge in [0.2, 0.25) is 0 Å². The van der Waals surface area contributed by atoms with E-state index < -0.39 is 0 Å². The van der Waals surface area contributed by atoms with Crippen molar-refractivity contribution < 1.29 is 4.79 Å². The molecule has 82 valence electrons. The molecule has 3 heteroatoms. The molecule has 3 rings (SSSR count). The van der Waals surface area contributed by atoms with Gasteiger partial charge < -0.3 is 10.3 Å². The zero-order valence-corrected chi connectivity index (χ0v) is 8.99.